The molecule has 1 aliphatic heterocycles. The molecular formula is C8H15BrN2. The van der Waals surface area contributed by atoms with Gasteiger partial charge in [0, 0.05) is 24.1 Å². The lowest BCUT2D eigenvalue weighted by Crippen LogP contribution is -2.42. The van der Waals surface area contributed by atoms with E-state index >= 15 is 0 Å². The summed E-state index contributed by atoms with van der Waals surface area (Å²) in [6, 6.07) is 0. The maximum atomic E-state index is 3.77. The van der Waals surface area contributed by atoms with Crippen molar-refractivity contribution in [3.63, 3.8) is 0 Å². The van der Waals surface area contributed by atoms with E-state index in [1.165, 1.54) is 32.4 Å². The van der Waals surface area contributed by atoms with Gasteiger partial charge in [-0.25, -0.2) is 5.01 Å². The maximum absolute atomic E-state index is 3.77. The minimum Gasteiger partial charge on any atom is -0.250 e. The van der Waals surface area contributed by atoms with Gasteiger partial charge in [0.2, 0.25) is 0 Å². The standard InChI is InChI=1S/C8H15BrN2/c1-8(9)7-10-11-5-3-2-4-6-11/h10H,1-7H2. The molecule has 1 saturated heterocycles. The number of rotatable bonds is 3. The van der Waals surface area contributed by atoms with E-state index in [1.807, 2.05) is 0 Å². The summed E-state index contributed by atoms with van der Waals surface area (Å²) in [5.74, 6) is 0. The molecule has 1 N–H and O–H groups in total. The van der Waals surface area contributed by atoms with Crippen LogP contribution in [-0.4, -0.2) is 24.6 Å². The average molecular weight is 219 g/mol. The lowest BCUT2D eigenvalue weighted by Gasteiger charge is -2.26. The van der Waals surface area contributed by atoms with Crippen molar-refractivity contribution in [2.75, 3.05) is 19.6 Å². The van der Waals surface area contributed by atoms with E-state index in [-0.39, 0.29) is 0 Å². The predicted molar refractivity (Wildman–Crippen MR) is 51.5 cm³/mol. The van der Waals surface area contributed by atoms with E-state index in [1.54, 1.807) is 0 Å². The fourth-order valence-electron chi connectivity index (χ4n) is 1.25. The summed E-state index contributed by atoms with van der Waals surface area (Å²) < 4.78 is 1.02. The second-order valence-corrected chi connectivity index (χ2v) is 4.02. The van der Waals surface area contributed by atoms with Crippen molar-refractivity contribution in [2.45, 2.75) is 19.3 Å². The summed E-state index contributed by atoms with van der Waals surface area (Å²) in [5, 5.41) is 2.27. The van der Waals surface area contributed by atoms with Gasteiger partial charge in [0.05, 0.1) is 0 Å². The molecule has 64 valence electrons. The molecule has 11 heavy (non-hydrogen) atoms. The van der Waals surface area contributed by atoms with E-state index in [0.29, 0.717) is 0 Å². The van der Waals surface area contributed by atoms with Gasteiger partial charge in [-0.1, -0.05) is 28.9 Å². The van der Waals surface area contributed by atoms with Crippen molar-refractivity contribution < 1.29 is 0 Å². The Balaban J connectivity index is 2.09. The number of hydrazine groups is 1. The molecule has 1 heterocycles. The van der Waals surface area contributed by atoms with Gasteiger partial charge < -0.3 is 0 Å². The molecule has 1 rings (SSSR count). The number of piperidine rings is 1. The van der Waals surface area contributed by atoms with Crippen molar-refractivity contribution >= 4 is 15.9 Å². The summed E-state index contributed by atoms with van der Waals surface area (Å²) in [4.78, 5) is 0. The van der Waals surface area contributed by atoms with Crippen LogP contribution in [0, 0.1) is 0 Å². The van der Waals surface area contributed by atoms with Crippen molar-refractivity contribution in [2.24, 2.45) is 0 Å². The summed E-state index contributed by atoms with van der Waals surface area (Å²) >= 11 is 3.32. The molecule has 0 aromatic rings. The van der Waals surface area contributed by atoms with Gasteiger partial charge in [-0.2, -0.15) is 0 Å². The smallest absolute Gasteiger partial charge is 0.0413 e. The van der Waals surface area contributed by atoms with Gasteiger partial charge in [-0.15, -0.1) is 0 Å². The summed E-state index contributed by atoms with van der Waals surface area (Å²) in [7, 11) is 0. The lowest BCUT2D eigenvalue weighted by molar-refractivity contribution is 0.162. The van der Waals surface area contributed by atoms with Gasteiger partial charge >= 0.3 is 0 Å². The Morgan fingerprint density at radius 3 is 2.55 bits per heavy atom. The normalized spacial score (nSPS) is 20.1. The second-order valence-electron chi connectivity index (χ2n) is 2.90. The van der Waals surface area contributed by atoms with Crippen LogP contribution in [-0.2, 0) is 0 Å². The Labute approximate surface area is 76.7 Å². The third-order valence-electron chi connectivity index (χ3n) is 1.85. The molecule has 0 unspecified atom stereocenters. The van der Waals surface area contributed by atoms with Gasteiger partial charge in [0.15, 0.2) is 0 Å². The predicted octanol–water partition coefficient (Wildman–Crippen LogP) is 1.89. The van der Waals surface area contributed by atoms with Gasteiger partial charge in [-0.3, -0.25) is 5.43 Å². The third-order valence-corrected chi connectivity index (χ3v) is 2.13. The minimum absolute atomic E-state index is 0.847. The van der Waals surface area contributed by atoms with E-state index in [2.05, 4.69) is 32.9 Å². The Kier molecular flexibility index (Phi) is 4.12. The van der Waals surface area contributed by atoms with Crippen molar-refractivity contribution in [3.8, 4) is 0 Å². The Morgan fingerprint density at radius 1 is 1.36 bits per heavy atom. The largest absolute Gasteiger partial charge is 0.250 e. The average Bonchev–Trinajstić information content (AvgIpc) is 2.03. The minimum atomic E-state index is 0.847. The highest BCUT2D eigenvalue weighted by Crippen LogP contribution is 2.06. The van der Waals surface area contributed by atoms with Crippen LogP contribution in [0.3, 0.4) is 0 Å². The molecule has 0 aromatic heterocycles. The first kappa shape index (κ1) is 9.23. The van der Waals surface area contributed by atoms with E-state index in [4.69, 9.17) is 0 Å². The summed E-state index contributed by atoms with van der Waals surface area (Å²) in [6.45, 7) is 6.98. The first-order valence-corrected chi connectivity index (χ1v) is 4.90. The van der Waals surface area contributed by atoms with Crippen LogP contribution in [0.1, 0.15) is 19.3 Å². The first-order valence-electron chi connectivity index (χ1n) is 4.11. The van der Waals surface area contributed by atoms with Crippen LogP contribution in [0.2, 0.25) is 0 Å². The third kappa shape index (κ3) is 3.89. The van der Waals surface area contributed by atoms with Crippen LogP contribution in [0.15, 0.2) is 11.1 Å². The Bertz CT molecular complexity index is 130. The fraction of sp³-hybridized carbons (Fsp3) is 0.750. The molecule has 3 heteroatoms. The first-order chi connectivity index (χ1) is 5.29. The molecule has 0 saturated carbocycles. The van der Waals surface area contributed by atoms with E-state index < -0.39 is 0 Å². The molecule has 2 nitrogen and oxygen atoms in total. The number of hydrogen-bond donors (Lipinski definition) is 1. The zero-order chi connectivity index (χ0) is 8.10. The van der Waals surface area contributed by atoms with Crippen LogP contribution < -0.4 is 5.43 Å². The lowest BCUT2D eigenvalue weighted by atomic mass is 10.2. The number of nitrogens with one attached hydrogen (secondary N) is 1. The zero-order valence-electron chi connectivity index (χ0n) is 6.77. The molecule has 0 bridgehead atoms. The highest BCUT2D eigenvalue weighted by atomic mass is 79.9. The van der Waals surface area contributed by atoms with Gasteiger partial charge in [-0.05, 0) is 12.8 Å². The Hall–Kier alpha value is 0.140. The van der Waals surface area contributed by atoms with Crippen LogP contribution >= 0.6 is 15.9 Å². The Morgan fingerprint density at radius 2 is 2.00 bits per heavy atom. The summed E-state index contributed by atoms with van der Waals surface area (Å²) in [6.07, 6.45) is 4.02. The van der Waals surface area contributed by atoms with Crippen molar-refractivity contribution in [3.05, 3.63) is 11.1 Å². The maximum Gasteiger partial charge on any atom is 0.0413 e. The number of nitrogens with zero attached hydrogens (tertiary/aromatic N) is 1. The highest BCUT2D eigenvalue weighted by Gasteiger charge is 2.08. The fourth-order valence-corrected chi connectivity index (χ4v) is 1.37. The molecule has 0 aromatic carbocycles. The molecule has 0 aliphatic carbocycles. The van der Waals surface area contributed by atoms with Crippen LogP contribution in [0.4, 0.5) is 0 Å². The van der Waals surface area contributed by atoms with Crippen molar-refractivity contribution in [1.82, 2.24) is 10.4 Å². The molecule has 1 aliphatic rings. The molecule has 1 fully saturated rings. The monoisotopic (exact) mass is 218 g/mol. The second kappa shape index (κ2) is 4.91. The highest BCUT2D eigenvalue weighted by molar-refractivity contribution is 9.11. The quantitative estimate of drug-likeness (QED) is 0.779. The molecule has 0 atom stereocenters. The van der Waals surface area contributed by atoms with Crippen LogP contribution in [0.25, 0.3) is 0 Å². The topological polar surface area (TPSA) is 15.3 Å². The van der Waals surface area contributed by atoms with E-state index in [0.717, 1.165) is 11.0 Å². The van der Waals surface area contributed by atoms with Gasteiger partial charge in [0.1, 0.15) is 0 Å². The molecule has 0 spiro atoms. The number of hydrogen-bond acceptors (Lipinski definition) is 2. The molecule has 0 radical (unpaired) electrons. The SMILES string of the molecule is C=C(Br)CNN1CCCCC1. The van der Waals surface area contributed by atoms with Crippen molar-refractivity contribution in [1.29, 1.82) is 0 Å². The van der Waals surface area contributed by atoms with E-state index in [9.17, 15) is 0 Å². The van der Waals surface area contributed by atoms with Crippen LogP contribution in [0.5, 0.6) is 0 Å². The zero-order valence-corrected chi connectivity index (χ0v) is 8.36. The summed E-state index contributed by atoms with van der Waals surface area (Å²) in [5.41, 5.74) is 3.31. The number of halogens is 1. The molecular weight excluding hydrogens is 204 g/mol. The molecule has 0 amide bonds. The van der Waals surface area contributed by atoms with Gasteiger partial charge in [0.25, 0.3) is 0 Å².